The summed E-state index contributed by atoms with van der Waals surface area (Å²) in [5.41, 5.74) is 1.17. The molecule has 0 saturated carbocycles. The van der Waals surface area contributed by atoms with Gasteiger partial charge >= 0.3 is 0 Å². The van der Waals surface area contributed by atoms with Crippen LogP contribution in [0.15, 0.2) is 35.3 Å². The molecule has 0 aliphatic carbocycles. The van der Waals surface area contributed by atoms with Crippen LogP contribution in [0.4, 0.5) is 0 Å². The van der Waals surface area contributed by atoms with Crippen molar-refractivity contribution in [2.75, 3.05) is 32.5 Å². The van der Waals surface area contributed by atoms with Crippen LogP contribution in [0, 0.1) is 0 Å². The first-order valence-electron chi connectivity index (χ1n) is 7.88. The van der Waals surface area contributed by atoms with E-state index < -0.39 is 10.8 Å². The Morgan fingerprint density at radius 1 is 1.17 bits per heavy atom. The average molecular weight is 340 g/mol. The normalized spacial score (nSPS) is 13.7. The highest BCUT2D eigenvalue weighted by molar-refractivity contribution is 7.86. The minimum Gasteiger partial charge on any atom is -0.375 e. The molecule has 1 aromatic rings. The fourth-order valence-corrected chi connectivity index (χ4v) is 2.69. The maximum atomic E-state index is 12.0. The second kappa shape index (κ2) is 10.4. The van der Waals surface area contributed by atoms with Gasteiger partial charge in [0.1, 0.15) is 0 Å². The van der Waals surface area contributed by atoms with Crippen LogP contribution in [0.25, 0.3) is 0 Å². The number of nitrogens with zero attached hydrogens (tertiary/aromatic N) is 1. The number of hydrogen-bond donors (Lipinski definition) is 2. The van der Waals surface area contributed by atoms with Crippen molar-refractivity contribution in [1.29, 1.82) is 0 Å². The standard InChI is InChI=1S/C17H29N3O2S/c1-17(2,3)23(21)13-11-20-16(18-4)19-10-12-22-14-15-8-6-5-7-9-15/h5-9H,10-14H2,1-4H3,(H2,18,19,20). The van der Waals surface area contributed by atoms with Crippen LogP contribution in [0.5, 0.6) is 0 Å². The highest BCUT2D eigenvalue weighted by Crippen LogP contribution is 2.10. The number of rotatable bonds is 8. The predicted molar refractivity (Wildman–Crippen MR) is 98.2 cm³/mol. The van der Waals surface area contributed by atoms with E-state index in [1.807, 2.05) is 51.1 Å². The Hall–Kier alpha value is -1.40. The van der Waals surface area contributed by atoms with Crippen LogP contribution in [0.2, 0.25) is 0 Å². The Labute approximate surface area is 142 Å². The largest absolute Gasteiger partial charge is 0.375 e. The third kappa shape index (κ3) is 8.71. The Balaban J connectivity index is 2.13. The molecule has 23 heavy (non-hydrogen) atoms. The molecular formula is C17H29N3O2S. The summed E-state index contributed by atoms with van der Waals surface area (Å²) in [6.07, 6.45) is 0. The summed E-state index contributed by atoms with van der Waals surface area (Å²) in [6, 6.07) is 10.1. The summed E-state index contributed by atoms with van der Waals surface area (Å²) < 4.78 is 17.4. The molecule has 1 atom stereocenters. The molecule has 0 aromatic heterocycles. The summed E-state index contributed by atoms with van der Waals surface area (Å²) in [7, 11) is 0.867. The van der Waals surface area contributed by atoms with E-state index in [0.29, 0.717) is 38.0 Å². The zero-order valence-electron chi connectivity index (χ0n) is 14.6. The molecule has 2 N–H and O–H groups in total. The van der Waals surface area contributed by atoms with E-state index >= 15 is 0 Å². The molecule has 1 rings (SSSR count). The highest BCUT2D eigenvalue weighted by atomic mass is 32.2. The van der Waals surface area contributed by atoms with Crippen LogP contribution in [0.3, 0.4) is 0 Å². The smallest absolute Gasteiger partial charge is 0.191 e. The van der Waals surface area contributed by atoms with Gasteiger partial charge in [-0.3, -0.25) is 9.20 Å². The molecule has 0 fully saturated rings. The van der Waals surface area contributed by atoms with Crippen molar-refractivity contribution in [3.05, 3.63) is 35.9 Å². The van der Waals surface area contributed by atoms with E-state index in [1.165, 1.54) is 5.56 Å². The van der Waals surface area contributed by atoms with Gasteiger partial charge in [0.25, 0.3) is 0 Å². The molecule has 130 valence electrons. The van der Waals surface area contributed by atoms with Gasteiger partial charge in [0, 0.05) is 41.4 Å². The van der Waals surface area contributed by atoms with E-state index in [1.54, 1.807) is 7.05 Å². The third-order valence-electron chi connectivity index (χ3n) is 3.14. The van der Waals surface area contributed by atoms with E-state index in [-0.39, 0.29) is 4.75 Å². The van der Waals surface area contributed by atoms with Crippen molar-refractivity contribution in [3.63, 3.8) is 0 Å². The van der Waals surface area contributed by atoms with Gasteiger partial charge < -0.3 is 15.4 Å². The molecule has 0 amide bonds. The van der Waals surface area contributed by atoms with Gasteiger partial charge in [-0.25, -0.2) is 0 Å². The second-order valence-corrected chi connectivity index (χ2v) is 8.45. The lowest BCUT2D eigenvalue weighted by Crippen LogP contribution is -2.41. The zero-order valence-corrected chi connectivity index (χ0v) is 15.4. The Morgan fingerprint density at radius 3 is 2.43 bits per heavy atom. The molecule has 5 nitrogen and oxygen atoms in total. The Morgan fingerprint density at radius 2 is 1.83 bits per heavy atom. The molecule has 1 aromatic carbocycles. The van der Waals surface area contributed by atoms with Gasteiger partial charge in [-0.15, -0.1) is 0 Å². The number of hydrogen-bond acceptors (Lipinski definition) is 3. The summed E-state index contributed by atoms with van der Waals surface area (Å²) in [5.74, 6) is 1.31. The monoisotopic (exact) mass is 339 g/mol. The number of benzene rings is 1. The van der Waals surface area contributed by atoms with Crippen molar-refractivity contribution in [3.8, 4) is 0 Å². The Kier molecular flexibility index (Phi) is 8.87. The van der Waals surface area contributed by atoms with Crippen molar-refractivity contribution in [2.24, 2.45) is 4.99 Å². The maximum absolute atomic E-state index is 12.0. The van der Waals surface area contributed by atoms with Gasteiger partial charge in [0.15, 0.2) is 5.96 Å². The van der Waals surface area contributed by atoms with Crippen molar-refractivity contribution < 1.29 is 8.95 Å². The predicted octanol–water partition coefficient (Wildman–Crippen LogP) is 1.92. The molecule has 0 bridgehead atoms. The lowest BCUT2D eigenvalue weighted by molar-refractivity contribution is 0.125. The average Bonchev–Trinajstić information content (AvgIpc) is 2.52. The van der Waals surface area contributed by atoms with Crippen LogP contribution >= 0.6 is 0 Å². The molecule has 0 saturated heterocycles. The minimum atomic E-state index is -0.856. The lowest BCUT2D eigenvalue weighted by atomic mass is 10.2. The van der Waals surface area contributed by atoms with Gasteiger partial charge in [0.2, 0.25) is 0 Å². The maximum Gasteiger partial charge on any atom is 0.191 e. The number of ether oxygens (including phenoxy) is 1. The number of nitrogens with one attached hydrogen (secondary N) is 2. The van der Waals surface area contributed by atoms with Crippen LogP contribution < -0.4 is 10.6 Å². The van der Waals surface area contributed by atoms with Crippen molar-refractivity contribution in [1.82, 2.24) is 10.6 Å². The van der Waals surface area contributed by atoms with E-state index in [2.05, 4.69) is 15.6 Å². The SMILES string of the molecule is CN=C(NCCOCc1ccccc1)NCCS(=O)C(C)(C)C. The minimum absolute atomic E-state index is 0.177. The lowest BCUT2D eigenvalue weighted by Gasteiger charge is -2.18. The molecular weight excluding hydrogens is 310 g/mol. The van der Waals surface area contributed by atoms with E-state index in [4.69, 9.17) is 4.74 Å². The summed E-state index contributed by atoms with van der Waals surface area (Å²) in [5, 5.41) is 6.35. The first-order chi connectivity index (χ1) is 10.9. The van der Waals surface area contributed by atoms with E-state index in [0.717, 1.165) is 0 Å². The first-order valence-corrected chi connectivity index (χ1v) is 9.20. The van der Waals surface area contributed by atoms with E-state index in [9.17, 15) is 4.21 Å². The van der Waals surface area contributed by atoms with Gasteiger partial charge in [-0.1, -0.05) is 30.3 Å². The van der Waals surface area contributed by atoms with Crippen molar-refractivity contribution >= 4 is 16.8 Å². The zero-order chi connectivity index (χ0) is 17.1. The number of guanidine groups is 1. The molecule has 0 radical (unpaired) electrons. The fourth-order valence-electron chi connectivity index (χ4n) is 1.79. The topological polar surface area (TPSA) is 62.7 Å². The van der Waals surface area contributed by atoms with Crippen LogP contribution in [0.1, 0.15) is 26.3 Å². The molecule has 0 heterocycles. The van der Waals surface area contributed by atoms with Crippen LogP contribution in [-0.2, 0) is 22.1 Å². The fraction of sp³-hybridized carbons (Fsp3) is 0.588. The molecule has 6 heteroatoms. The number of aliphatic imine (C=N–C) groups is 1. The summed E-state index contributed by atoms with van der Waals surface area (Å²) >= 11 is 0. The second-order valence-electron chi connectivity index (χ2n) is 6.13. The molecule has 1 unspecified atom stereocenters. The molecule has 0 spiro atoms. The van der Waals surface area contributed by atoms with Crippen LogP contribution in [-0.4, -0.2) is 47.4 Å². The van der Waals surface area contributed by atoms with Crippen molar-refractivity contribution in [2.45, 2.75) is 32.1 Å². The summed E-state index contributed by atoms with van der Waals surface area (Å²) in [6.45, 7) is 8.48. The third-order valence-corrected chi connectivity index (χ3v) is 5.08. The van der Waals surface area contributed by atoms with Gasteiger partial charge in [-0.2, -0.15) is 0 Å². The molecule has 0 aliphatic rings. The quantitative estimate of drug-likeness (QED) is 0.431. The Bertz CT molecular complexity index is 498. The van der Waals surface area contributed by atoms with Gasteiger partial charge in [-0.05, 0) is 26.3 Å². The summed E-state index contributed by atoms with van der Waals surface area (Å²) in [4.78, 5) is 4.14. The first kappa shape index (κ1) is 19.6. The molecule has 0 aliphatic heterocycles. The van der Waals surface area contributed by atoms with Gasteiger partial charge in [0.05, 0.1) is 13.2 Å². The highest BCUT2D eigenvalue weighted by Gasteiger charge is 2.18.